The summed E-state index contributed by atoms with van der Waals surface area (Å²) in [6, 6.07) is 5.83. The van der Waals surface area contributed by atoms with Crippen LogP contribution in [-0.4, -0.2) is 35.2 Å². The van der Waals surface area contributed by atoms with Crippen LogP contribution in [0.2, 0.25) is 5.02 Å². The minimum Gasteiger partial charge on any atom is -0.480 e. The van der Waals surface area contributed by atoms with Gasteiger partial charge in [-0.25, -0.2) is 4.98 Å². The lowest BCUT2D eigenvalue weighted by Gasteiger charge is -2.15. The molecule has 4 rings (SSSR count). The highest BCUT2D eigenvalue weighted by molar-refractivity contribution is 7.22. The molecular weight excluding hydrogens is 344 g/mol. The molecule has 0 aliphatic carbocycles. The number of hydrogen-bond acceptors (Lipinski definition) is 6. The van der Waals surface area contributed by atoms with Crippen LogP contribution < -0.4 is 9.64 Å². The van der Waals surface area contributed by atoms with E-state index in [0.717, 1.165) is 38.9 Å². The first-order chi connectivity index (χ1) is 11.7. The maximum atomic E-state index is 6.06. The molecule has 1 aliphatic heterocycles. The number of fused-ring (bicyclic) bond motifs is 1. The normalized spacial score (nSPS) is 14.5. The fourth-order valence-electron chi connectivity index (χ4n) is 2.97. The molecule has 7 heteroatoms. The van der Waals surface area contributed by atoms with Gasteiger partial charge in [-0.3, -0.25) is 0 Å². The second-order valence-corrected chi connectivity index (χ2v) is 7.29. The van der Waals surface area contributed by atoms with E-state index in [2.05, 4.69) is 14.9 Å². The Morgan fingerprint density at radius 2 is 1.96 bits per heavy atom. The van der Waals surface area contributed by atoms with E-state index < -0.39 is 0 Å². The molecule has 1 aromatic carbocycles. The summed E-state index contributed by atoms with van der Waals surface area (Å²) in [7, 11) is 1.64. The van der Waals surface area contributed by atoms with Gasteiger partial charge in [-0.15, -0.1) is 11.3 Å². The van der Waals surface area contributed by atoms with Gasteiger partial charge in [-0.05, 0) is 37.5 Å². The van der Waals surface area contributed by atoms with Gasteiger partial charge >= 0.3 is 0 Å². The summed E-state index contributed by atoms with van der Waals surface area (Å²) in [5.41, 5.74) is 2.85. The van der Waals surface area contributed by atoms with Crippen LogP contribution in [0.4, 0.5) is 5.95 Å². The number of methoxy groups -OCH3 is 1. The number of halogens is 1. The molecule has 3 heterocycles. The number of benzene rings is 1. The number of aryl methyl sites for hydroxylation is 1. The Morgan fingerprint density at radius 1 is 1.17 bits per heavy atom. The van der Waals surface area contributed by atoms with E-state index in [9.17, 15) is 0 Å². The van der Waals surface area contributed by atoms with Crippen LogP contribution in [-0.2, 0) is 0 Å². The van der Waals surface area contributed by atoms with E-state index in [4.69, 9.17) is 21.3 Å². The zero-order valence-corrected chi connectivity index (χ0v) is 15.1. The van der Waals surface area contributed by atoms with Crippen molar-refractivity contribution in [3.05, 3.63) is 28.8 Å². The summed E-state index contributed by atoms with van der Waals surface area (Å²) in [5.74, 6) is 1.30. The smallest absolute Gasteiger partial charge is 0.238 e. The lowest BCUT2D eigenvalue weighted by molar-refractivity contribution is 0.403. The summed E-state index contributed by atoms with van der Waals surface area (Å²) in [6.07, 6.45) is 2.35. The Morgan fingerprint density at radius 3 is 2.67 bits per heavy atom. The highest BCUT2D eigenvalue weighted by Gasteiger charge is 2.20. The fourth-order valence-corrected chi connectivity index (χ4v) is 4.26. The van der Waals surface area contributed by atoms with Crippen LogP contribution in [0, 0.1) is 6.92 Å². The Bertz CT molecular complexity index is 905. The van der Waals surface area contributed by atoms with Gasteiger partial charge in [0.25, 0.3) is 0 Å². The number of nitrogens with zero attached hydrogens (tertiary/aromatic N) is 4. The number of rotatable bonds is 3. The Hall–Kier alpha value is -1.92. The number of thiazole rings is 1. The third kappa shape index (κ3) is 2.70. The molecule has 124 valence electrons. The minimum absolute atomic E-state index is 0.595. The topological polar surface area (TPSA) is 51.1 Å². The minimum atomic E-state index is 0.595. The second-order valence-electron chi connectivity index (χ2n) is 5.86. The first-order valence-electron chi connectivity index (χ1n) is 7.90. The number of aromatic nitrogens is 3. The van der Waals surface area contributed by atoms with E-state index in [0.29, 0.717) is 17.5 Å². The Kier molecular flexibility index (Phi) is 4.02. The van der Waals surface area contributed by atoms with Crippen LogP contribution in [0.25, 0.3) is 20.9 Å². The van der Waals surface area contributed by atoms with Gasteiger partial charge in [0.1, 0.15) is 9.71 Å². The van der Waals surface area contributed by atoms with Crippen molar-refractivity contribution in [2.45, 2.75) is 19.8 Å². The molecule has 24 heavy (non-hydrogen) atoms. The zero-order chi connectivity index (χ0) is 16.7. The SMILES string of the molecule is COc1nc(N2CCCC2)nc2nc(-c3ccc(Cl)cc3C)sc12. The summed E-state index contributed by atoms with van der Waals surface area (Å²) in [5, 5.41) is 1.64. The Labute approximate surface area is 149 Å². The number of anilines is 1. The molecule has 0 spiro atoms. The largest absolute Gasteiger partial charge is 0.480 e. The zero-order valence-electron chi connectivity index (χ0n) is 13.5. The van der Waals surface area contributed by atoms with Crippen molar-refractivity contribution >= 4 is 39.2 Å². The molecule has 0 atom stereocenters. The van der Waals surface area contributed by atoms with E-state index in [1.165, 1.54) is 12.8 Å². The Balaban J connectivity index is 1.84. The van der Waals surface area contributed by atoms with E-state index in [1.54, 1.807) is 18.4 Å². The molecule has 1 aliphatic rings. The predicted octanol–water partition coefficient (Wildman–Crippen LogP) is 4.32. The van der Waals surface area contributed by atoms with Crippen molar-refractivity contribution in [2.75, 3.05) is 25.1 Å². The van der Waals surface area contributed by atoms with Crippen molar-refractivity contribution in [2.24, 2.45) is 0 Å². The van der Waals surface area contributed by atoms with Crippen molar-refractivity contribution in [1.82, 2.24) is 15.0 Å². The molecule has 0 N–H and O–H groups in total. The average molecular weight is 361 g/mol. The van der Waals surface area contributed by atoms with Crippen LogP contribution in [0.1, 0.15) is 18.4 Å². The second kappa shape index (κ2) is 6.18. The van der Waals surface area contributed by atoms with E-state index in [1.807, 2.05) is 25.1 Å². The highest BCUT2D eigenvalue weighted by Crippen LogP contribution is 2.37. The summed E-state index contributed by atoms with van der Waals surface area (Å²) < 4.78 is 6.38. The van der Waals surface area contributed by atoms with Gasteiger partial charge in [-0.2, -0.15) is 9.97 Å². The molecule has 3 aromatic rings. The monoisotopic (exact) mass is 360 g/mol. The van der Waals surface area contributed by atoms with Crippen LogP contribution in [0.5, 0.6) is 5.88 Å². The molecule has 0 amide bonds. The van der Waals surface area contributed by atoms with Crippen LogP contribution >= 0.6 is 22.9 Å². The summed E-state index contributed by atoms with van der Waals surface area (Å²) >= 11 is 7.61. The number of hydrogen-bond donors (Lipinski definition) is 0. The van der Waals surface area contributed by atoms with E-state index in [-0.39, 0.29) is 0 Å². The fraction of sp³-hybridized carbons (Fsp3) is 0.353. The molecule has 2 aromatic heterocycles. The van der Waals surface area contributed by atoms with Crippen LogP contribution in [0.3, 0.4) is 0 Å². The lowest BCUT2D eigenvalue weighted by Crippen LogP contribution is -2.20. The van der Waals surface area contributed by atoms with Gasteiger partial charge < -0.3 is 9.64 Å². The van der Waals surface area contributed by atoms with E-state index >= 15 is 0 Å². The average Bonchev–Trinajstić information content (AvgIpc) is 3.23. The van der Waals surface area contributed by atoms with Crippen molar-refractivity contribution < 1.29 is 4.74 Å². The molecule has 0 saturated carbocycles. The molecular formula is C17H17ClN4OS. The third-order valence-corrected chi connectivity index (χ3v) is 5.51. The number of ether oxygens (including phenoxy) is 1. The first-order valence-corrected chi connectivity index (χ1v) is 9.09. The van der Waals surface area contributed by atoms with Gasteiger partial charge in [0, 0.05) is 23.7 Å². The van der Waals surface area contributed by atoms with Crippen molar-refractivity contribution in [1.29, 1.82) is 0 Å². The first kappa shape index (κ1) is 15.6. The molecule has 0 radical (unpaired) electrons. The van der Waals surface area contributed by atoms with Crippen molar-refractivity contribution in [3.63, 3.8) is 0 Å². The van der Waals surface area contributed by atoms with Gasteiger partial charge in [0.05, 0.1) is 7.11 Å². The molecule has 1 fully saturated rings. The maximum Gasteiger partial charge on any atom is 0.238 e. The standard InChI is InChI=1S/C17H17ClN4OS/c1-10-9-11(18)5-6-12(10)16-19-14-13(24-16)15(23-2)21-17(20-14)22-7-3-4-8-22/h5-6,9H,3-4,7-8H2,1-2H3. The van der Waals surface area contributed by atoms with Crippen molar-refractivity contribution in [3.8, 4) is 16.5 Å². The molecule has 0 unspecified atom stereocenters. The van der Waals surface area contributed by atoms with Crippen LogP contribution in [0.15, 0.2) is 18.2 Å². The quantitative estimate of drug-likeness (QED) is 0.696. The van der Waals surface area contributed by atoms with Gasteiger partial charge in [0.15, 0.2) is 5.65 Å². The maximum absolute atomic E-state index is 6.06. The lowest BCUT2D eigenvalue weighted by atomic mass is 10.1. The molecule has 5 nitrogen and oxygen atoms in total. The van der Waals surface area contributed by atoms with Gasteiger partial charge in [-0.1, -0.05) is 17.7 Å². The predicted molar refractivity (Wildman–Crippen MR) is 98.4 cm³/mol. The third-order valence-electron chi connectivity index (χ3n) is 4.21. The molecule has 0 bridgehead atoms. The highest BCUT2D eigenvalue weighted by atomic mass is 35.5. The molecule has 1 saturated heterocycles. The summed E-state index contributed by atoms with van der Waals surface area (Å²) in [4.78, 5) is 16.2. The van der Waals surface area contributed by atoms with Gasteiger partial charge in [0.2, 0.25) is 11.8 Å². The summed E-state index contributed by atoms with van der Waals surface area (Å²) in [6.45, 7) is 4.01.